The van der Waals surface area contributed by atoms with Gasteiger partial charge in [0.25, 0.3) is 10.0 Å². The number of pyridine rings is 1. The van der Waals surface area contributed by atoms with Crippen LogP contribution in [0.25, 0.3) is 0 Å². The van der Waals surface area contributed by atoms with Crippen LogP contribution < -0.4 is 10.0 Å². The summed E-state index contributed by atoms with van der Waals surface area (Å²) in [6.45, 7) is 1.90. The first kappa shape index (κ1) is 12.3. The summed E-state index contributed by atoms with van der Waals surface area (Å²) >= 11 is 0. The smallest absolute Gasteiger partial charge is 0.260 e. The first-order valence-corrected chi connectivity index (χ1v) is 7.18. The maximum atomic E-state index is 12.1. The molecule has 1 aromatic heterocycles. The fourth-order valence-electron chi connectivity index (χ4n) is 1.79. The molecule has 1 aromatic rings. The van der Waals surface area contributed by atoms with Gasteiger partial charge in [-0.15, -0.1) is 0 Å². The Morgan fingerprint density at radius 3 is 2.76 bits per heavy atom. The summed E-state index contributed by atoms with van der Waals surface area (Å²) in [4.78, 5) is 3.94. The highest BCUT2D eigenvalue weighted by atomic mass is 32.2. The largest absolute Gasteiger partial charge is 0.386 e. The first-order chi connectivity index (χ1) is 8.04. The van der Waals surface area contributed by atoms with Gasteiger partial charge in [0.15, 0.2) is 5.03 Å². The van der Waals surface area contributed by atoms with Gasteiger partial charge in [0, 0.05) is 19.3 Å². The lowest BCUT2D eigenvalue weighted by molar-refractivity contribution is 0.535. The van der Waals surface area contributed by atoms with Crippen LogP contribution in [-0.4, -0.2) is 26.5 Å². The number of nitrogens with zero attached hydrogens (tertiary/aromatic N) is 1. The number of aromatic nitrogens is 1. The van der Waals surface area contributed by atoms with E-state index in [1.807, 2.05) is 6.92 Å². The molecule has 1 aliphatic carbocycles. The summed E-state index contributed by atoms with van der Waals surface area (Å²) in [6, 6.07) is 3.38. The Morgan fingerprint density at radius 1 is 1.47 bits per heavy atom. The van der Waals surface area contributed by atoms with Crippen molar-refractivity contribution in [3.63, 3.8) is 0 Å². The monoisotopic (exact) mass is 255 g/mol. The molecule has 0 radical (unpaired) electrons. The van der Waals surface area contributed by atoms with Gasteiger partial charge < -0.3 is 5.32 Å². The van der Waals surface area contributed by atoms with E-state index in [2.05, 4.69) is 15.0 Å². The predicted molar refractivity (Wildman–Crippen MR) is 66.3 cm³/mol. The lowest BCUT2D eigenvalue weighted by Gasteiger charge is -2.14. The second-order valence-electron chi connectivity index (χ2n) is 4.35. The molecule has 17 heavy (non-hydrogen) atoms. The van der Waals surface area contributed by atoms with Crippen molar-refractivity contribution in [2.24, 2.45) is 5.92 Å². The molecular weight excluding hydrogens is 238 g/mol. The minimum atomic E-state index is -3.53. The van der Waals surface area contributed by atoms with Crippen molar-refractivity contribution in [3.8, 4) is 0 Å². The Morgan fingerprint density at radius 2 is 2.18 bits per heavy atom. The first-order valence-electron chi connectivity index (χ1n) is 5.69. The van der Waals surface area contributed by atoms with Gasteiger partial charge in [0.1, 0.15) is 0 Å². The third-order valence-electron chi connectivity index (χ3n) is 2.97. The number of anilines is 1. The van der Waals surface area contributed by atoms with Crippen LogP contribution in [0.2, 0.25) is 0 Å². The van der Waals surface area contributed by atoms with Crippen molar-refractivity contribution in [2.45, 2.75) is 30.8 Å². The van der Waals surface area contributed by atoms with E-state index >= 15 is 0 Å². The van der Waals surface area contributed by atoms with E-state index in [-0.39, 0.29) is 11.1 Å². The highest BCUT2D eigenvalue weighted by Gasteiger charge is 2.32. The summed E-state index contributed by atoms with van der Waals surface area (Å²) in [5, 5.41) is 2.90. The average Bonchev–Trinajstić information content (AvgIpc) is 3.12. The SMILES string of the molecule is CNc1cccnc1S(=O)(=O)NC(C)C1CC1. The molecule has 6 heteroatoms. The zero-order valence-electron chi connectivity index (χ0n) is 9.97. The van der Waals surface area contributed by atoms with E-state index in [1.54, 1.807) is 19.2 Å². The van der Waals surface area contributed by atoms with Crippen LogP contribution >= 0.6 is 0 Å². The van der Waals surface area contributed by atoms with Crippen LogP contribution in [0.1, 0.15) is 19.8 Å². The van der Waals surface area contributed by atoms with Gasteiger partial charge in [-0.2, -0.15) is 0 Å². The Hall–Kier alpha value is -1.14. The average molecular weight is 255 g/mol. The Labute approximate surface area is 102 Å². The molecule has 0 bridgehead atoms. The molecule has 0 aliphatic heterocycles. The van der Waals surface area contributed by atoms with E-state index in [4.69, 9.17) is 0 Å². The van der Waals surface area contributed by atoms with Crippen molar-refractivity contribution >= 4 is 15.7 Å². The molecule has 2 rings (SSSR count). The second-order valence-corrected chi connectivity index (χ2v) is 5.98. The van der Waals surface area contributed by atoms with E-state index in [0.29, 0.717) is 11.6 Å². The summed E-state index contributed by atoms with van der Waals surface area (Å²) in [5.74, 6) is 0.478. The van der Waals surface area contributed by atoms with Gasteiger partial charge in [-0.3, -0.25) is 0 Å². The zero-order valence-corrected chi connectivity index (χ0v) is 10.8. The standard InChI is InChI=1S/C11H17N3O2S/c1-8(9-5-6-9)14-17(15,16)11-10(12-2)4-3-7-13-11/h3-4,7-9,12,14H,5-6H2,1-2H3. The molecule has 1 atom stereocenters. The normalized spacial score (nSPS) is 17.8. The summed E-state index contributed by atoms with van der Waals surface area (Å²) in [6.07, 6.45) is 3.69. The summed E-state index contributed by atoms with van der Waals surface area (Å²) in [5.41, 5.74) is 0.517. The van der Waals surface area contributed by atoms with E-state index in [1.165, 1.54) is 6.20 Å². The van der Waals surface area contributed by atoms with Crippen LogP contribution in [-0.2, 0) is 10.0 Å². The lowest BCUT2D eigenvalue weighted by atomic mass is 10.2. The summed E-state index contributed by atoms with van der Waals surface area (Å²) in [7, 11) is -1.85. The maximum Gasteiger partial charge on any atom is 0.260 e. The number of hydrogen-bond acceptors (Lipinski definition) is 4. The highest BCUT2D eigenvalue weighted by molar-refractivity contribution is 7.89. The van der Waals surface area contributed by atoms with Gasteiger partial charge in [0.2, 0.25) is 0 Å². The molecule has 0 saturated heterocycles. The van der Waals surface area contributed by atoms with Crippen LogP contribution in [0.3, 0.4) is 0 Å². The van der Waals surface area contributed by atoms with E-state index in [0.717, 1.165) is 12.8 Å². The van der Waals surface area contributed by atoms with E-state index < -0.39 is 10.0 Å². The Kier molecular flexibility index (Phi) is 3.35. The van der Waals surface area contributed by atoms with Crippen molar-refractivity contribution < 1.29 is 8.42 Å². The van der Waals surface area contributed by atoms with Crippen LogP contribution in [0, 0.1) is 5.92 Å². The van der Waals surface area contributed by atoms with Crippen molar-refractivity contribution in [3.05, 3.63) is 18.3 Å². The van der Waals surface area contributed by atoms with Gasteiger partial charge in [0.05, 0.1) is 5.69 Å². The zero-order chi connectivity index (χ0) is 12.5. The third kappa shape index (κ3) is 2.76. The Bertz CT molecular complexity index is 497. The molecule has 2 N–H and O–H groups in total. The molecule has 0 amide bonds. The van der Waals surface area contributed by atoms with Crippen molar-refractivity contribution in [1.82, 2.24) is 9.71 Å². The molecular formula is C11H17N3O2S. The number of nitrogens with one attached hydrogen (secondary N) is 2. The molecule has 1 aliphatic rings. The van der Waals surface area contributed by atoms with Crippen LogP contribution in [0.15, 0.2) is 23.4 Å². The van der Waals surface area contributed by atoms with Crippen LogP contribution in [0.4, 0.5) is 5.69 Å². The molecule has 1 unspecified atom stereocenters. The van der Waals surface area contributed by atoms with Gasteiger partial charge in [-0.1, -0.05) is 0 Å². The highest BCUT2D eigenvalue weighted by Crippen LogP contribution is 2.33. The maximum absolute atomic E-state index is 12.1. The number of sulfonamides is 1. The van der Waals surface area contributed by atoms with E-state index in [9.17, 15) is 8.42 Å². The molecule has 0 aromatic carbocycles. The Balaban J connectivity index is 2.24. The van der Waals surface area contributed by atoms with Gasteiger partial charge >= 0.3 is 0 Å². The second kappa shape index (κ2) is 4.62. The topological polar surface area (TPSA) is 71.1 Å². The molecule has 94 valence electrons. The van der Waals surface area contributed by atoms with Crippen molar-refractivity contribution in [2.75, 3.05) is 12.4 Å². The number of hydrogen-bond donors (Lipinski definition) is 2. The minimum Gasteiger partial charge on any atom is -0.386 e. The molecule has 1 fully saturated rings. The molecule has 5 nitrogen and oxygen atoms in total. The molecule has 1 heterocycles. The predicted octanol–water partition coefficient (Wildman–Crippen LogP) is 1.20. The van der Waals surface area contributed by atoms with Gasteiger partial charge in [-0.25, -0.2) is 18.1 Å². The lowest BCUT2D eigenvalue weighted by Crippen LogP contribution is -2.34. The third-order valence-corrected chi connectivity index (χ3v) is 4.48. The van der Waals surface area contributed by atoms with Crippen LogP contribution in [0.5, 0.6) is 0 Å². The summed E-state index contributed by atoms with van der Waals surface area (Å²) < 4.78 is 27.0. The fourth-order valence-corrected chi connectivity index (χ4v) is 3.24. The van der Waals surface area contributed by atoms with Crippen molar-refractivity contribution in [1.29, 1.82) is 0 Å². The minimum absolute atomic E-state index is 0.0216. The van der Waals surface area contributed by atoms with Gasteiger partial charge in [-0.05, 0) is 37.8 Å². The quantitative estimate of drug-likeness (QED) is 0.829. The fraction of sp³-hybridized carbons (Fsp3) is 0.545. The number of rotatable bonds is 5. The molecule has 1 saturated carbocycles. The molecule has 0 spiro atoms.